The molecule has 6 rings (SSSR count). The number of nitrogens with zero attached hydrogens (tertiary/aromatic N) is 3. The van der Waals surface area contributed by atoms with E-state index in [0.29, 0.717) is 13.0 Å². The highest BCUT2D eigenvalue weighted by molar-refractivity contribution is 8.01. The summed E-state index contributed by atoms with van der Waals surface area (Å²) in [7, 11) is 1.61. The Balaban J connectivity index is 1.33. The number of hydrogen-bond donors (Lipinski definition) is 2. The average molecular weight is 640 g/mol. The first-order valence-corrected chi connectivity index (χ1v) is 16.3. The standard InChI is InChI=1S/C33H29N5O3S3/c1-40-20-41-19-22-9-5-6-10-23(22)25(21-7-3-2-4-8-21)17-26-28(12-14-35-30(26)31(34)39)43-29-18-37-33(44-29)38-32-24-13-16-42-27(24)11-15-36-32/h2-16,18,25H,17,19-20H2,1H3,(H2,34,39)(H,36,37,38)/t25-/m1/s1. The van der Waals surface area contributed by atoms with Crippen molar-refractivity contribution in [2.24, 2.45) is 5.73 Å². The summed E-state index contributed by atoms with van der Waals surface area (Å²) in [5, 5.41) is 7.21. The summed E-state index contributed by atoms with van der Waals surface area (Å²) in [6, 6.07) is 24.4. The molecule has 222 valence electrons. The van der Waals surface area contributed by atoms with Gasteiger partial charge in [0.1, 0.15) is 18.3 Å². The van der Waals surface area contributed by atoms with E-state index in [4.69, 9.17) is 15.2 Å². The number of benzene rings is 2. The molecule has 0 saturated heterocycles. The lowest BCUT2D eigenvalue weighted by atomic mass is 9.83. The van der Waals surface area contributed by atoms with Gasteiger partial charge in [0.15, 0.2) is 5.13 Å². The smallest absolute Gasteiger partial charge is 0.267 e. The van der Waals surface area contributed by atoms with Gasteiger partial charge < -0.3 is 20.5 Å². The second-order valence-corrected chi connectivity index (χ2v) is 13.1. The lowest BCUT2D eigenvalue weighted by Crippen LogP contribution is -2.19. The molecule has 4 heterocycles. The van der Waals surface area contributed by atoms with Gasteiger partial charge in [0.05, 0.1) is 17.0 Å². The van der Waals surface area contributed by atoms with E-state index in [2.05, 4.69) is 56.0 Å². The predicted molar refractivity (Wildman–Crippen MR) is 177 cm³/mol. The van der Waals surface area contributed by atoms with Gasteiger partial charge >= 0.3 is 0 Å². The van der Waals surface area contributed by atoms with E-state index in [-0.39, 0.29) is 18.4 Å². The summed E-state index contributed by atoms with van der Waals surface area (Å²) < 4.78 is 13.0. The van der Waals surface area contributed by atoms with Crippen molar-refractivity contribution in [2.45, 2.75) is 28.1 Å². The minimum atomic E-state index is -0.562. The monoisotopic (exact) mass is 639 g/mol. The Kier molecular flexibility index (Phi) is 9.59. The van der Waals surface area contributed by atoms with Crippen molar-refractivity contribution >= 4 is 61.4 Å². The number of nitrogens with one attached hydrogen (secondary N) is 1. The fraction of sp³-hybridized carbons (Fsp3) is 0.152. The van der Waals surface area contributed by atoms with E-state index in [1.165, 1.54) is 11.3 Å². The van der Waals surface area contributed by atoms with Crippen LogP contribution < -0.4 is 11.1 Å². The van der Waals surface area contributed by atoms with Gasteiger partial charge in [-0.1, -0.05) is 77.7 Å². The Morgan fingerprint density at radius 1 is 1.00 bits per heavy atom. The number of amides is 1. The summed E-state index contributed by atoms with van der Waals surface area (Å²) in [5.41, 5.74) is 10.2. The van der Waals surface area contributed by atoms with Crippen molar-refractivity contribution < 1.29 is 14.3 Å². The molecule has 6 aromatic rings. The molecule has 0 aliphatic rings. The van der Waals surface area contributed by atoms with Crippen LogP contribution in [-0.2, 0) is 22.5 Å². The highest BCUT2D eigenvalue weighted by atomic mass is 32.2. The Labute approximate surface area is 267 Å². The van der Waals surface area contributed by atoms with Gasteiger partial charge in [-0.3, -0.25) is 9.78 Å². The van der Waals surface area contributed by atoms with Gasteiger partial charge in [-0.15, -0.1) is 11.3 Å². The number of thiophene rings is 1. The second-order valence-electron chi connectivity index (χ2n) is 9.83. The number of rotatable bonds is 13. The molecular weight excluding hydrogens is 611 g/mol. The fourth-order valence-electron chi connectivity index (χ4n) is 5.09. The molecule has 0 aliphatic carbocycles. The SMILES string of the molecule is COCOCc1ccccc1[C@H](Cc1c(Sc2cnc(Nc3nccc4sccc34)s2)ccnc1C(N)=O)c1ccccc1. The lowest BCUT2D eigenvalue weighted by Gasteiger charge is -2.23. The third kappa shape index (κ3) is 6.82. The third-order valence-corrected chi connectivity index (χ3v) is 10.0. The lowest BCUT2D eigenvalue weighted by molar-refractivity contribution is -0.0393. The molecular formula is C33H29N5O3S3. The minimum Gasteiger partial charge on any atom is -0.364 e. The molecule has 0 bridgehead atoms. The first-order chi connectivity index (χ1) is 21.6. The molecule has 0 unspecified atom stereocenters. The van der Waals surface area contributed by atoms with Crippen LogP contribution in [0.2, 0.25) is 0 Å². The molecule has 1 atom stereocenters. The first-order valence-electron chi connectivity index (χ1n) is 13.8. The number of methoxy groups -OCH3 is 1. The molecule has 11 heteroatoms. The number of primary amides is 1. The highest BCUT2D eigenvalue weighted by Gasteiger charge is 2.24. The van der Waals surface area contributed by atoms with E-state index in [1.54, 1.807) is 42.6 Å². The summed E-state index contributed by atoms with van der Waals surface area (Å²) in [5.74, 6) is 0.123. The van der Waals surface area contributed by atoms with Crippen molar-refractivity contribution in [3.8, 4) is 0 Å². The molecule has 0 aliphatic heterocycles. The normalized spacial score (nSPS) is 11.9. The number of hydrogen-bond acceptors (Lipinski definition) is 10. The number of carbonyl (C=O) groups is 1. The van der Waals surface area contributed by atoms with Crippen molar-refractivity contribution in [1.29, 1.82) is 0 Å². The predicted octanol–water partition coefficient (Wildman–Crippen LogP) is 7.64. The van der Waals surface area contributed by atoms with Crippen molar-refractivity contribution in [2.75, 3.05) is 19.2 Å². The number of anilines is 2. The third-order valence-electron chi connectivity index (χ3n) is 7.05. The zero-order valence-corrected chi connectivity index (χ0v) is 26.3. The zero-order chi connectivity index (χ0) is 30.3. The molecule has 2 aromatic carbocycles. The van der Waals surface area contributed by atoms with Crippen LogP contribution in [0.3, 0.4) is 0 Å². The maximum atomic E-state index is 12.7. The Hall–Kier alpha value is -4.13. The molecule has 0 fully saturated rings. The van der Waals surface area contributed by atoms with E-state index < -0.39 is 5.91 Å². The van der Waals surface area contributed by atoms with Gasteiger partial charge in [0.2, 0.25) is 0 Å². The Morgan fingerprint density at radius 3 is 2.66 bits per heavy atom. The van der Waals surface area contributed by atoms with Gasteiger partial charge in [-0.25, -0.2) is 9.97 Å². The van der Waals surface area contributed by atoms with Crippen LogP contribution >= 0.6 is 34.4 Å². The molecule has 44 heavy (non-hydrogen) atoms. The maximum Gasteiger partial charge on any atom is 0.267 e. The number of thiazole rings is 1. The number of aromatic nitrogens is 3. The van der Waals surface area contributed by atoms with Gasteiger partial charge in [-0.2, -0.15) is 0 Å². The number of fused-ring (bicyclic) bond motifs is 1. The molecule has 8 nitrogen and oxygen atoms in total. The number of nitrogens with two attached hydrogens (primary N) is 1. The van der Waals surface area contributed by atoms with Crippen LogP contribution in [0.25, 0.3) is 10.1 Å². The average Bonchev–Trinajstić information content (AvgIpc) is 3.71. The molecule has 1 amide bonds. The van der Waals surface area contributed by atoms with Gasteiger partial charge in [0, 0.05) is 40.4 Å². The van der Waals surface area contributed by atoms with Crippen LogP contribution in [0.4, 0.5) is 10.9 Å². The number of ether oxygens (including phenoxy) is 2. The van der Waals surface area contributed by atoms with Crippen molar-refractivity contribution in [3.05, 3.63) is 125 Å². The van der Waals surface area contributed by atoms with E-state index >= 15 is 0 Å². The molecule has 4 aromatic heterocycles. The van der Waals surface area contributed by atoms with Gasteiger partial charge in [0.25, 0.3) is 5.91 Å². The molecule has 0 radical (unpaired) electrons. The number of carbonyl (C=O) groups excluding carboxylic acids is 1. The number of pyridine rings is 2. The van der Waals surface area contributed by atoms with Crippen LogP contribution in [0.1, 0.15) is 38.7 Å². The fourth-order valence-corrected chi connectivity index (χ4v) is 7.84. The summed E-state index contributed by atoms with van der Waals surface area (Å²) >= 11 is 4.74. The van der Waals surface area contributed by atoms with Crippen molar-refractivity contribution in [1.82, 2.24) is 15.0 Å². The molecule has 3 N–H and O–H groups in total. The molecule has 0 spiro atoms. The Bertz CT molecular complexity index is 1880. The van der Waals surface area contributed by atoms with Crippen LogP contribution in [0.15, 0.2) is 106 Å². The summed E-state index contributed by atoms with van der Waals surface area (Å²) in [4.78, 5) is 27.2. The van der Waals surface area contributed by atoms with Gasteiger partial charge in [-0.05, 0) is 52.3 Å². The van der Waals surface area contributed by atoms with E-state index in [9.17, 15) is 4.79 Å². The first kappa shape index (κ1) is 29.9. The van der Waals surface area contributed by atoms with Crippen LogP contribution in [0.5, 0.6) is 0 Å². The van der Waals surface area contributed by atoms with Crippen LogP contribution in [0, 0.1) is 0 Å². The highest BCUT2D eigenvalue weighted by Crippen LogP contribution is 2.40. The second kappa shape index (κ2) is 14.1. The minimum absolute atomic E-state index is 0.0870. The van der Waals surface area contributed by atoms with Crippen LogP contribution in [-0.4, -0.2) is 34.8 Å². The Morgan fingerprint density at radius 2 is 1.82 bits per heavy atom. The summed E-state index contributed by atoms with van der Waals surface area (Å²) in [6.07, 6.45) is 5.77. The zero-order valence-electron chi connectivity index (χ0n) is 23.8. The molecule has 0 saturated carbocycles. The topological polar surface area (TPSA) is 112 Å². The quantitative estimate of drug-likeness (QED) is 0.0980. The van der Waals surface area contributed by atoms with Crippen molar-refractivity contribution in [3.63, 3.8) is 0 Å². The van der Waals surface area contributed by atoms with E-state index in [1.807, 2.05) is 48.7 Å². The summed E-state index contributed by atoms with van der Waals surface area (Å²) in [6.45, 7) is 0.596. The van der Waals surface area contributed by atoms with E-state index in [0.717, 1.165) is 52.4 Å². The largest absolute Gasteiger partial charge is 0.364 e. The maximum absolute atomic E-state index is 12.7.